The second-order valence-corrected chi connectivity index (χ2v) is 4.55. The highest BCUT2D eigenvalue weighted by molar-refractivity contribution is 4.95. The van der Waals surface area contributed by atoms with Gasteiger partial charge in [-0.15, -0.1) is 6.58 Å². The van der Waals surface area contributed by atoms with E-state index < -0.39 is 0 Å². The highest BCUT2D eigenvalue weighted by Crippen LogP contribution is 2.55. The van der Waals surface area contributed by atoms with Gasteiger partial charge in [-0.3, -0.25) is 0 Å². The summed E-state index contributed by atoms with van der Waals surface area (Å²) in [6, 6.07) is 0. The van der Waals surface area contributed by atoms with Crippen molar-refractivity contribution >= 4 is 0 Å². The summed E-state index contributed by atoms with van der Waals surface area (Å²) in [7, 11) is 0. The van der Waals surface area contributed by atoms with Gasteiger partial charge in [0.05, 0.1) is 0 Å². The maximum Gasteiger partial charge on any atom is -0.0274 e. The molecule has 0 aromatic carbocycles. The Bertz CT molecular complexity index is 140. The third-order valence-electron chi connectivity index (χ3n) is 3.45. The lowest BCUT2D eigenvalue weighted by Gasteiger charge is -2.18. The molecule has 0 bridgehead atoms. The van der Waals surface area contributed by atoms with E-state index in [1.807, 2.05) is 6.08 Å². The summed E-state index contributed by atoms with van der Waals surface area (Å²) in [5.74, 6) is 0.904. The first-order valence-corrected chi connectivity index (χ1v) is 5.32. The van der Waals surface area contributed by atoms with Gasteiger partial charge in [0.15, 0.2) is 0 Å². The Hall–Kier alpha value is -0.260. The first-order chi connectivity index (χ1) is 5.71. The first kappa shape index (κ1) is 9.83. The van der Waals surface area contributed by atoms with Crippen LogP contribution >= 0.6 is 0 Å². The minimum absolute atomic E-state index is 0.765. The SMILES string of the molecule is C=CCCCCC1(C(C)C)CC1. The first-order valence-electron chi connectivity index (χ1n) is 5.32. The minimum Gasteiger partial charge on any atom is -0.103 e. The second-order valence-electron chi connectivity index (χ2n) is 4.55. The van der Waals surface area contributed by atoms with Gasteiger partial charge in [0.25, 0.3) is 0 Å². The highest BCUT2D eigenvalue weighted by Gasteiger charge is 2.43. The van der Waals surface area contributed by atoms with E-state index >= 15 is 0 Å². The zero-order chi connectivity index (χ0) is 9.03. The molecule has 0 saturated heterocycles. The molecular formula is C12H22. The second kappa shape index (κ2) is 4.11. The molecule has 0 heterocycles. The molecule has 0 atom stereocenters. The molecule has 0 radical (unpaired) electrons. The summed E-state index contributed by atoms with van der Waals surface area (Å²) in [5.41, 5.74) is 0.765. The topological polar surface area (TPSA) is 0 Å². The summed E-state index contributed by atoms with van der Waals surface area (Å²) >= 11 is 0. The van der Waals surface area contributed by atoms with Crippen molar-refractivity contribution < 1.29 is 0 Å². The Labute approximate surface area is 77.1 Å². The molecule has 0 heteroatoms. The Morgan fingerprint density at radius 2 is 2.00 bits per heavy atom. The van der Waals surface area contributed by atoms with Crippen molar-refractivity contribution in [2.75, 3.05) is 0 Å². The Morgan fingerprint density at radius 3 is 2.42 bits per heavy atom. The van der Waals surface area contributed by atoms with Gasteiger partial charge in [-0.2, -0.15) is 0 Å². The molecular weight excluding hydrogens is 144 g/mol. The molecule has 0 nitrogen and oxygen atoms in total. The molecule has 1 fully saturated rings. The van der Waals surface area contributed by atoms with Crippen molar-refractivity contribution in [3.05, 3.63) is 12.7 Å². The molecule has 0 aromatic heterocycles. The maximum absolute atomic E-state index is 3.75. The number of rotatable bonds is 6. The van der Waals surface area contributed by atoms with Crippen molar-refractivity contribution in [2.45, 2.75) is 52.4 Å². The Kier molecular flexibility index (Phi) is 3.37. The summed E-state index contributed by atoms with van der Waals surface area (Å²) in [6.07, 6.45) is 10.4. The fourth-order valence-electron chi connectivity index (χ4n) is 2.04. The van der Waals surface area contributed by atoms with E-state index in [4.69, 9.17) is 0 Å². The number of unbranched alkanes of at least 4 members (excludes halogenated alkanes) is 2. The average molecular weight is 166 g/mol. The predicted octanol–water partition coefficient (Wildman–Crippen LogP) is 4.17. The van der Waals surface area contributed by atoms with E-state index in [0.717, 1.165) is 11.3 Å². The number of allylic oxidation sites excluding steroid dienone is 1. The summed E-state index contributed by atoms with van der Waals surface area (Å²) in [5, 5.41) is 0. The van der Waals surface area contributed by atoms with E-state index in [2.05, 4.69) is 20.4 Å². The summed E-state index contributed by atoms with van der Waals surface area (Å²) in [6.45, 7) is 8.50. The molecule has 1 aliphatic rings. The lowest BCUT2D eigenvalue weighted by atomic mass is 9.87. The van der Waals surface area contributed by atoms with Gasteiger partial charge < -0.3 is 0 Å². The van der Waals surface area contributed by atoms with Gasteiger partial charge in [0.1, 0.15) is 0 Å². The van der Waals surface area contributed by atoms with Crippen LogP contribution < -0.4 is 0 Å². The molecule has 1 saturated carbocycles. The molecule has 1 aliphatic carbocycles. The van der Waals surface area contributed by atoms with Crippen LogP contribution in [0.4, 0.5) is 0 Å². The third-order valence-corrected chi connectivity index (χ3v) is 3.45. The molecule has 0 aliphatic heterocycles. The zero-order valence-electron chi connectivity index (χ0n) is 8.60. The van der Waals surface area contributed by atoms with Crippen LogP contribution in [0.15, 0.2) is 12.7 Å². The van der Waals surface area contributed by atoms with Crippen LogP contribution in [-0.4, -0.2) is 0 Å². The average Bonchev–Trinajstić information content (AvgIpc) is 2.79. The van der Waals surface area contributed by atoms with Crippen molar-refractivity contribution in [1.82, 2.24) is 0 Å². The number of hydrogen-bond donors (Lipinski definition) is 0. The van der Waals surface area contributed by atoms with Crippen LogP contribution in [0.25, 0.3) is 0 Å². The lowest BCUT2D eigenvalue weighted by Crippen LogP contribution is -2.08. The van der Waals surface area contributed by atoms with Crippen molar-refractivity contribution in [2.24, 2.45) is 11.3 Å². The molecule has 0 amide bonds. The molecule has 0 unspecified atom stereocenters. The highest BCUT2D eigenvalue weighted by atomic mass is 14.5. The van der Waals surface area contributed by atoms with E-state index in [1.165, 1.54) is 38.5 Å². The Morgan fingerprint density at radius 1 is 1.33 bits per heavy atom. The predicted molar refractivity (Wildman–Crippen MR) is 55.2 cm³/mol. The van der Waals surface area contributed by atoms with Crippen molar-refractivity contribution in [1.29, 1.82) is 0 Å². The van der Waals surface area contributed by atoms with Crippen LogP contribution in [-0.2, 0) is 0 Å². The van der Waals surface area contributed by atoms with E-state index in [1.54, 1.807) is 0 Å². The summed E-state index contributed by atoms with van der Waals surface area (Å²) in [4.78, 5) is 0. The quantitative estimate of drug-likeness (QED) is 0.410. The minimum atomic E-state index is 0.765. The van der Waals surface area contributed by atoms with Crippen LogP contribution in [0.1, 0.15) is 52.4 Å². The van der Waals surface area contributed by atoms with Crippen molar-refractivity contribution in [3.63, 3.8) is 0 Å². The molecule has 70 valence electrons. The van der Waals surface area contributed by atoms with Gasteiger partial charge in [-0.1, -0.05) is 26.3 Å². The monoisotopic (exact) mass is 166 g/mol. The lowest BCUT2D eigenvalue weighted by molar-refractivity contribution is 0.322. The van der Waals surface area contributed by atoms with Gasteiger partial charge in [0, 0.05) is 0 Å². The molecule has 0 aromatic rings. The van der Waals surface area contributed by atoms with Crippen molar-refractivity contribution in [3.8, 4) is 0 Å². The van der Waals surface area contributed by atoms with Gasteiger partial charge >= 0.3 is 0 Å². The van der Waals surface area contributed by atoms with Gasteiger partial charge in [-0.05, 0) is 43.4 Å². The van der Waals surface area contributed by atoms with Crippen LogP contribution in [0.5, 0.6) is 0 Å². The van der Waals surface area contributed by atoms with Crippen LogP contribution in [0.3, 0.4) is 0 Å². The van der Waals surface area contributed by atoms with Gasteiger partial charge in [-0.25, -0.2) is 0 Å². The smallest absolute Gasteiger partial charge is 0.0274 e. The van der Waals surface area contributed by atoms with Crippen LogP contribution in [0, 0.1) is 11.3 Å². The molecule has 0 spiro atoms. The zero-order valence-corrected chi connectivity index (χ0v) is 8.60. The van der Waals surface area contributed by atoms with Gasteiger partial charge in [0.2, 0.25) is 0 Å². The van der Waals surface area contributed by atoms with E-state index in [0.29, 0.717) is 0 Å². The fraction of sp³-hybridized carbons (Fsp3) is 0.833. The maximum atomic E-state index is 3.75. The molecule has 0 N–H and O–H groups in total. The number of hydrogen-bond acceptors (Lipinski definition) is 0. The molecule has 1 rings (SSSR count). The summed E-state index contributed by atoms with van der Waals surface area (Å²) < 4.78 is 0. The molecule has 12 heavy (non-hydrogen) atoms. The van der Waals surface area contributed by atoms with E-state index in [-0.39, 0.29) is 0 Å². The fourth-order valence-corrected chi connectivity index (χ4v) is 2.04. The van der Waals surface area contributed by atoms with E-state index in [9.17, 15) is 0 Å². The standard InChI is InChI=1S/C12H22/c1-4-5-6-7-8-12(9-10-12)11(2)3/h4,11H,1,5-10H2,2-3H3. The largest absolute Gasteiger partial charge is 0.103 e. The normalized spacial score (nSPS) is 19.6. The Balaban J connectivity index is 2.10. The third kappa shape index (κ3) is 2.36. The van der Waals surface area contributed by atoms with Crippen LogP contribution in [0.2, 0.25) is 0 Å².